The summed E-state index contributed by atoms with van der Waals surface area (Å²) >= 11 is 0. The van der Waals surface area contributed by atoms with Crippen molar-refractivity contribution >= 4 is 12.0 Å². The highest BCUT2D eigenvalue weighted by Gasteiger charge is 2.11. The number of hydrogen-bond donors (Lipinski definition) is 0. The summed E-state index contributed by atoms with van der Waals surface area (Å²) in [6, 6.07) is 0. The third-order valence-corrected chi connectivity index (χ3v) is 1.22. The van der Waals surface area contributed by atoms with Crippen LogP contribution < -0.4 is 0 Å². The minimum absolute atomic E-state index is 0.0539. The minimum Gasteiger partial charge on any atom is -0.624 e. The van der Waals surface area contributed by atoms with Crippen LogP contribution in [0.3, 0.4) is 0 Å². The van der Waals surface area contributed by atoms with E-state index in [1.165, 1.54) is 6.92 Å². The first-order chi connectivity index (χ1) is 5.31. The largest absolute Gasteiger partial charge is 0.624 e. The lowest BCUT2D eigenvalue weighted by atomic mass is 9.99. The first-order valence-electron chi connectivity index (χ1n) is 4.10. The molecule has 0 aromatic carbocycles. The maximum Gasteiger partial charge on any atom is 0.160 e. The number of hydroxylamine groups is 1. The predicted molar refractivity (Wildman–Crippen MR) is 49.3 cm³/mol. The number of carbonyl (C=O) groups is 1. The molecule has 0 unspecified atom stereocenters. The molecule has 12 heavy (non-hydrogen) atoms. The summed E-state index contributed by atoms with van der Waals surface area (Å²) in [5.41, 5.74) is -0.113. The summed E-state index contributed by atoms with van der Waals surface area (Å²) in [5, 5.41) is 11.1. The van der Waals surface area contributed by atoms with E-state index in [1.807, 2.05) is 20.8 Å². The van der Waals surface area contributed by atoms with E-state index in [4.69, 9.17) is 0 Å². The fraction of sp³-hybridized carbons (Fsp3) is 0.778. The van der Waals surface area contributed by atoms with Crippen LogP contribution in [-0.2, 0) is 4.79 Å². The lowest BCUT2D eigenvalue weighted by Crippen LogP contribution is -2.18. The third-order valence-electron chi connectivity index (χ3n) is 1.22. The molecule has 70 valence electrons. The number of Topliss-reactive ketones (excluding diaryl/α,β-unsaturated/α-hetero) is 1. The van der Waals surface area contributed by atoms with Crippen molar-refractivity contribution in [2.45, 2.75) is 34.1 Å². The van der Waals surface area contributed by atoms with E-state index in [0.29, 0.717) is 6.42 Å². The zero-order chi connectivity index (χ0) is 9.78. The van der Waals surface area contributed by atoms with Gasteiger partial charge in [0.1, 0.15) is 5.78 Å². The Hall–Kier alpha value is -0.860. The molecule has 0 heterocycles. The fourth-order valence-corrected chi connectivity index (χ4v) is 0.764. The van der Waals surface area contributed by atoms with Gasteiger partial charge in [0, 0.05) is 5.41 Å². The van der Waals surface area contributed by atoms with Crippen LogP contribution in [0.25, 0.3) is 0 Å². The van der Waals surface area contributed by atoms with Crippen LogP contribution in [0.4, 0.5) is 0 Å². The van der Waals surface area contributed by atoms with E-state index in [1.54, 1.807) is 6.21 Å². The van der Waals surface area contributed by atoms with Crippen molar-refractivity contribution in [2.24, 2.45) is 5.41 Å². The van der Waals surface area contributed by atoms with Gasteiger partial charge >= 0.3 is 0 Å². The monoisotopic (exact) mass is 171 g/mol. The molecular formula is C9H17NO2. The van der Waals surface area contributed by atoms with E-state index in [2.05, 4.69) is 0 Å². The SMILES string of the molecule is CC(=O)CC/[N+]([O-])=C\C(C)(C)C. The van der Waals surface area contributed by atoms with E-state index in [9.17, 15) is 10.0 Å². The van der Waals surface area contributed by atoms with Gasteiger partial charge in [0.2, 0.25) is 0 Å². The average Bonchev–Trinajstić information content (AvgIpc) is 1.79. The Bertz CT molecular complexity index is 189. The van der Waals surface area contributed by atoms with Crippen LogP contribution in [-0.4, -0.2) is 23.3 Å². The maximum absolute atomic E-state index is 11.1. The molecule has 0 radical (unpaired) electrons. The van der Waals surface area contributed by atoms with Gasteiger partial charge in [0.05, 0.1) is 6.42 Å². The zero-order valence-electron chi connectivity index (χ0n) is 8.26. The molecular weight excluding hydrogens is 154 g/mol. The van der Waals surface area contributed by atoms with Crippen molar-refractivity contribution in [3.63, 3.8) is 0 Å². The Morgan fingerprint density at radius 1 is 1.50 bits per heavy atom. The summed E-state index contributed by atoms with van der Waals surface area (Å²) in [7, 11) is 0. The summed E-state index contributed by atoms with van der Waals surface area (Å²) in [4.78, 5) is 10.5. The van der Waals surface area contributed by atoms with Crippen molar-refractivity contribution in [3.05, 3.63) is 5.21 Å². The quantitative estimate of drug-likeness (QED) is 0.280. The normalized spacial score (nSPS) is 13.2. The predicted octanol–water partition coefficient (Wildman–Crippen LogP) is 1.59. The molecule has 0 amide bonds. The molecule has 0 aromatic heterocycles. The number of rotatable bonds is 3. The van der Waals surface area contributed by atoms with Gasteiger partial charge in [-0.15, -0.1) is 0 Å². The Balaban J connectivity index is 3.95. The first kappa shape index (κ1) is 11.1. The second-order valence-electron chi connectivity index (χ2n) is 4.09. The molecule has 3 nitrogen and oxygen atoms in total. The number of hydrogen-bond acceptors (Lipinski definition) is 2. The van der Waals surface area contributed by atoms with Crippen molar-refractivity contribution in [1.29, 1.82) is 0 Å². The molecule has 0 aliphatic rings. The number of nitrogens with zero attached hydrogens (tertiary/aromatic N) is 1. The van der Waals surface area contributed by atoms with Gasteiger partial charge in [-0.25, -0.2) is 4.74 Å². The number of carbonyl (C=O) groups excluding carboxylic acids is 1. The van der Waals surface area contributed by atoms with Gasteiger partial charge in [0.15, 0.2) is 12.8 Å². The van der Waals surface area contributed by atoms with Gasteiger partial charge < -0.3 is 5.21 Å². The van der Waals surface area contributed by atoms with Crippen molar-refractivity contribution in [1.82, 2.24) is 0 Å². The van der Waals surface area contributed by atoms with Crippen molar-refractivity contribution in [2.75, 3.05) is 6.54 Å². The number of ketones is 1. The van der Waals surface area contributed by atoms with Gasteiger partial charge in [-0.05, 0) is 6.92 Å². The lowest BCUT2D eigenvalue weighted by molar-refractivity contribution is -0.454. The van der Waals surface area contributed by atoms with E-state index < -0.39 is 0 Å². The molecule has 0 bridgehead atoms. The van der Waals surface area contributed by atoms with E-state index in [-0.39, 0.29) is 17.7 Å². The molecule has 0 saturated carbocycles. The standard InChI is InChI=1S/C9H17NO2/c1-8(11)5-6-10(12)7-9(2,3)4/h7H,5-6H2,1-4H3/b10-7+. The van der Waals surface area contributed by atoms with Crippen LogP contribution in [0.1, 0.15) is 34.1 Å². The average molecular weight is 171 g/mol. The first-order valence-corrected chi connectivity index (χ1v) is 4.10. The summed E-state index contributed by atoms with van der Waals surface area (Å²) in [5.74, 6) is 0.0539. The molecule has 3 heteroatoms. The smallest absolute Gasteiger partial charge is 0.160 e. The molecule has 0 spiro atoms. The van der Waals surface area contributed by atoms with Gasteiger partial charge in [-0.1, -0.05) is 20.8 Å². The summed E-state index contributed by atoms with van der Waals surface area (Å²) in [6.07, 6.45) is 1.92. The molecule has 0 aliphatic heterocycles. The minimum atomic E-state index is -0.113. The molecule has 0 fully saturated rings. The van der Waals surface area contributed by atoms with Crippen LogP contribution >= 0.6 is 0 Å². The Labute approximate surface area is 73.7 Å². The summed E-state index contributed by atoms with van der Waals surface area (Å²) < 4.78 is 0.835. The molecule has 0 aliphatic carbocycles. The van der Waals surface area contributed by atoms with Gasteiger partial charge in [-0.3, -0.25) is 4.79 Å². The molecule has 0 atom stereocenters. The van der Waals surface area contributed by atoms with E-state index in [0.717, 1.165) is 4.74 Å². The molecule has 0 aromatic rings. The lowest BCUT2D eigenvalue weighted by Gasteiger charge is -2.11. The van der Waals surface area contributed by atoms with Crippen LogP contribution in [0.2, 0.25) is 0 Å². The highest BCUT2D eigenvalue weighted by atomic mass is 16.5. The molecule has 0 saturated heterocycles. The fourth-order valence-electron chi connectivity index (χ4n) is 0.764. The van der Waals surface area contributed by atoms with Crippen molar-refractivity contribution in [3.8, 4) is 0 Å². The highest BCUT2D eigenvalue weighted by molar-refractivity contribution is 5.75. The molecule has 0 rings (SSSR count). The van der Waals surface area contributed by atoms with Gasteiger partial charge in [-0.2, -0.15) is 0 Å². The molecule has 0 N–H and O–H groups in total. The third kappa shape index (κ3) is 7.25. The van der Waals surface area contributed by atoms with Crippen LogP contribution in [0.5, 0.6) is 0 Å². The second kappa shape index (κ2) is 4.24. The Kier molecular flexibility index (Phi) is 3.93. The second-order valence-corrected chi connectivity index (χ2v) is 4.09. The van der Waals surface area contributed by atoms with E-state index >= 15 is 0 Å². The zero-order valence-corrected chi connectivity index (χ0v) is 8.26. The van der Waals surface area contributed by atoms with Crippen LogP contribution in [0, 0.1) is 10.6 Å². The van der Waals surface area contributed by atoms with Crippen molar-refractivity contribution < 1.29 is 9.53 Å². The Morgan fingerprint density at radius 3 is 2.33 bits per heavy atom. The highest BCUT2D eigenvalue weighted by Crippen LogP contribution is 2.07. The topological polar surface area (TPSA) is 43.1 Å². The van der Waals surface area contributed by atoms with Gasteiger partial charge in [0.25, 0.3) is 0 Å². The van der Waals surface area contributed by atoms with Crippen LogP contribution in [0.15, 0.2) is 0 Å². The summed E-state index contributed by atoms with van der Waals surface area (Å²) in [6.45, 7) is 7.61. The maximum atomic E-state index is 11.1. The Morgan fingerprint density at radius 2 is 2.00 bits per heavy atom.